The highest BCUT2D eigenvalue weighted by atomic mass is 24.3. The Kier molecular flexibility index (Phi) is 16.4. The molecule has 0 heterocycles. The highest BCUT2D eigenvalue weighted by Gasteiger charge is 1.97. The molecule has 0 fully saturated rings. The molecule has 0 saturated carbocycles. The Balaban J connectivity index is -0.000000270. The van der Waals surface area contributed by atoms with E-state index in [4.69, 9.17) is 10.2 Å². The van der Waals surface area contributed by atoms with E-state index in [1.54, 1.807) is 60.7 Å². The molecule has 0 amide bonds. The summed E-state index contributed by atoms with van der Waals surface area (Å²) in [4.78, 5) is 20.4. The molecule has 0 aliphatic heterocycles. The summed E-state index contributed by atoms with van der Waals surface area (Å²) in [5.41, 5.74) is 0.662. The second-order valence-corrected chi connectivity index (χ2v) is 3.34. The van der Waals surface area contributed by atoms with Crippen molar-refractivity contribution in [2.45, 2.75) is 0 Å². The summed E-state index contributed by atoms with van der Waals surface area (Å²) < 4.78 is 0. The van der Waals surface area contributed by atoms with Crippen LogP contribution in [0.25, 0.3) is 0 Å². The molecule has 5 nitrogen and oxygen atoms in total. The number of carbonyl (C=O) groups is 2. The summed E-state index contributed by atoms with van der Waals surface area (Å²) in [6.45, 7) is 0. The molecule has 0 saturated heterocycles. The zero-order valence-corrected chi connectivity index (χ0v) is 9.98. The molecule has 0 aromatic heterocycles. The first-order valence-electron chi connectivity index (χ1n) is 5.18. The van der Waals surface area contributed by atoms with Gasteiger partial charge in [0.2, 0.25) is 0 Å². The van der Waals surface area contributed by atoms with E-state index in [0.29, 0.717) is 11.1 Å². The Morgan fingerprint density at radius 1 is 0.619 bits per heavy atom. The van der Waals surface area contributed by atoms with Gasteiger partial charge in [0.05, 0.1) is 11.1 Å². The van der Waals surface area contributed by atoms with Gasteiger partial charge in [-0.1, -0.05) is 36.4 Å². The summed E-state index contributed by atoms with van der Waals surface area (Å²) in [7, 11) is 0. The third kappa shape index (κ3) is 10.3. The molecule has 0 spiro atoms. The zero-order chi connectivity index (χ0) is 13.4. The third-order valence-corrected chi connectivity index (χ3v) is 2.04. The molecule has 2 aromatic rings. The number of benzene rings is 2. The SMILES string of the molecule is O.O=C(O)c1ccccc1.O=C(O)c1ccccc1.[MgH2].[MgH2]. The van der Waals surface area contributed by atoms with Gasteiger partial charge in [-0.25, -0.2) is 9.59 Å². The van der Waals surface area contributed by atoms with Crippen LogP contribution in [0.15, 0.2) is 60.7 Å². The summed E-state index contributed by atoms with van der Waals surface area (Å²) >= 11 is 0. The van der Waals surface area contributed by atoms with E-state index < -0.39 is 11.9 Å². The molecule has 7 heteroatoms. The Labute approximate surface area is 154 Å². The average molecular weight is 315 g/mol. The zero-order valence-electron chi connectivity index (χ0n) is 9.98. The maximum absolute atomic E-state index is 10.2. The minimum atomic E-state index is -0.879. The van der Waals surface area contributed by atoms with E-state index in [9.17, 15) is 9.59 Å². The van der Waals surface area contributed by atoms with Crippen molar-refractivity contribution >= 4 is 58.0 Å². The average Bonchev–Trinajstić information content (AvgIpc) is 2.41. The first kappa shape index (κ1) is 24.9. The standard InChI is InChI=1S/2C7H6O2.2Mg.H2O.4H/c2*8-7(9)6-4-2-1-3-5-6;;;;;;;/h2*1-5H,(H,8,9);;;1H2;;;;. The van der Waals surface area contributed by atoms with Crippen molar-refractivity contribution in [1.29, 1.82) is 0 Å². The van der Waals surface area contributed by atoms with Gasteiger partial charge in [-0.05, 0) is 24.3 Å². The van der Waals surface area contributed by atoms with Gasteiger partial charge in [-0.15, -0.1) is 0 Å². The molecule has 0 bridgehead atoms. The van der Waals surface area contributed by atoms with E-state index in [0.717, 1.165) is 0 Å². The minimum absolute atomic E-state index is 0. The van der Waals surface area contributed by atoms with Gasteiger partial charge in [0.1, 0.15) is 0 Å². The van der Waals surface area contributed by atoms with Gasteiger partial charge in [0.25, 0.3) is 0 Å². The van der Waals surface area contributed by atoms with Gasteiger partial charge >= 0.3 is 58.0 Å². The molecule has 2 aromatic carbocycles. The number of carboxylic acid groups (broad SMARTS) is 2. The van der Waals surface area contributed by atoms with Crippen LogP contribution in [0.5, 0.6) is 0 Å². The fraction of sp³-hybridized carbons (Fsp3) is 0. The van der Waals surface area contributed by atoms with Crippen LogP contribution in [0.2, 0.25) is 0 Å². The predicted molar refractivity (Wildman–Crippen MR) is 87.5 cm³/mol. The lowest BCUT2D eigenvalue weighted by Crippen LogP contribution is -1.93. The molecule has 0 aliphatic carbocycles. The Hall–Kier alpha value is -1.13. The van der Waals surface area contributed by atoms with Crippen molar-refractivity contribution in [3.63, 3.8) is 0 Å². The van der Waals surface area contributed by atoms with Crippen LogP contribution < -0.4 is 0 Å². The van der Waals surface area contributed by atoms with Gasteiger partial charge in [-0.3, -0.25) is 0 Å². The van der Waals surface area contributed by atoms with Crippen molar-refractivity contribution in [3.05, 3.63) is 71.8 Å². The predicted octanol–water partition coefficient (Wildman–Crippen LogP) is 0.112. The Morgan fingerprint density at radius 3 is 1.00 bits per heavy atom. The fourth-order valence-electron chi connectivity index (χ4n) is 1.16. The van der Waals surface area contributed by atoms with Crippen molar-refractivity contribution in [2.24, 2.45) is 0 Å². The summed E-state index contributed by atoms with van der Waals surface area (Å²) in [6.07, 6.45) is 0. The fourth-order valence-corrected chi connectivity index (χ4v) is 1.16. The number of hydrogen-bond acceptors (Lipinski definition) is 2. The van der Waals surface area contributed by atoms with Crippen LogP contribution >= 0.6 is 0 Å². The molecule has 21 heavy (non-hydrogen) atoms. The maximum Gasteiger partial charge on any atom is 0.335 e. The van der Waals surface area contributed by atoms with E-state index in [1.165, 1.54) is 0 Å². The lowest BCUT2D eigenvalue weighted by Gasteiger charge is -1.88. The Morgan fingerprint density at radius 2 is 0.857 bits per heavy atom. The third-order valence-electron chi connectivity index (χ3n) is 2.04. The molecule has 0 atom stereocenters. The monoisotopic (exact) mass is 314 g/mol. The quantitative estimate of drug-likeness (QED) is 0.767. The van der Waals surface area contributed by atoms with E-state index in [-0.39, 0.29) is 51.6 Å². The van der Waals surface area contributed by atoms with Crippen molar-refractivity contribution < 1.29 is 25.3 Å². The van der Waals surface area contributed by atoms with Crippen LogP contribution in [0.3, 0.4) is 0 Å². The molecular weight excluding hydrogens is 297 g/mol. The second-order valence-electron chi connectivity index (χ2n) is 3.34. The summed E-state index contributed by atoms with van der Waals surface area (Å²) in [5, 5.41) is 16.8. The molecule has 2 rings (SSSR count). The van der Waals surface area contributed by atoms with E-state index >= 15 is 0 Å². The van der Waals surface area contributed by atoms with Crippen LogP contribution in [0.1, 0.15) is 20.7 Å². The van der Waals surface area contributed by atoms with Crippen LogP contribution in [-0.2, 0) is 0 Å². The lowest BCUT2D eigenvalue weighted by molar-refractivity contribution is 0.0686. The molecule has 0 radical (unpaired) electrons. The number of rotatable bonds is 2. The van der Waals surface area contributed by atoms with Gasteiger partial charge in [0, 0.05) is 0 Å². The van der Waals surface area contributed by atoms with E-state index in [1.807, 2.05) is 0 Å². The first-order chi connectivity index (χ1) is 8.61. The summed E-state index contributed by atoms with van der Waals surface area (Å²) in [6, 6.07) is 16.6. The number of hydrogen-bond donors (Lipinski definition) is 2. The minimum Gasteiger partial charge on any atom is -0.478 e. The largest absolute Gasteiger partial charge is 0.478 e. The van der Waals surface area contributed by atoms with Crippen LogP contribution in [-0.4, -0.2) is 73.7 Å². The Bertz CT molecular complexity index is 468. The molecule has 108 valence electrons. The van der Waals surface area contributed by atoms with Crippen LogP contribution in [0.4, 0.5) is 0 Å². The normalized spacial score (nSPS) is 7.62. The van der Waals surface area contributed by atoms with Crippen molar-refractivity contribution in [3.8, 4) is 0 Å². The first-order valence-corrected chi connectivity index (χ1v) is 5.18. The maximum atomic E-state index is 10.2. The number of carboxylic acids is 2. The molecule has 4 N–H and O–H groups in total. The molecular formula is C14H18Mg2O5. The lowest BCUT2D eigenvalue weighted by atomic mass is 10.2. The molecule has 0 unspecified atom stereocenters. The van der Waals surface area contributed by atoms with Gasteiger partial charge < -0.3 is 15.7 Å². The molecule has 0 aliphatic rings. The highest BCUT2D eigenvalue weighted by molar-refractivity contribution is 5.87. The van der Waals surface area contributed by atoms with Crippen molar-refractivity contribution in [1.82, 2.24) is 0 Å². The van der Waals surface area contributed by atoms with Crippen molar-refractivity contribution in [2.75, 3.05) is 0 Å². The van der Waals surface area contributed by atoms with Crippen LogP contribution in [0, 0.1) is 0 Å². The topological polar surface area (TPSA) is 106 Å². The van der Waals surface area contributed by atoms with Gasteiger partial charge in [-0.2, -0.15) is 0 Å². The highest BCUT2D eigenvalue weighted by Crippen LogP contribution is 1.96. The summed E-state index contributed by atoms with van der Waals surface area (Å²) in [5.74, 6) is -1.76. The smallest absolute Gasteiger partial charge is 0.335 e. The van der Waals surface area contributed by atoms with E-state index in [2.05, 4.69) is 0 Å². The number of aromatic carboxylic acids is 2. The second kappa shape index (κ2) is 13.8. The van der Waals surface area contributed by atoms with Gasteiger partial charge in [0.15, 0.2) is 0 Å².